The summed E-state index contributed by atoms with van der Waals surface area (Å²) in [4.78, 5) is 26.6. The van der Waals surface area contributed by atoms with Crippen molar-refractivity contribution in [3.63, 3.8) is 0 Å². The molecule has 40 heavy (non-hydrogen) atoms. The first-order valence-corrected chi connectivity index (χ1v) is 14.1. The van der Waals surface area contributed by atoms with Crippen molar-refractivity contribution in [1.29, 1.82) is 0 Å². The average Bonchev–Trinajstić information content (AvgIpc) is 3.43. The van der Waals surface area contributed by atoms with Gasteiger partial charge in [-0.25, -0.2) is 4.39 Å². The third kappa shape index (κ3) is 7.64. The average molecular weight is 550 g/mol. The van der Waals surface area contributed by atoms with Gasteiger partial charge in [-0.3, -0.25) is 9.59 Å². The minimum absolute atomic E-state index is 0.0841. The van der Waals surface area contributed by atoms with E-state index in [1.165, 1.54) is 18.6 Å². The van der Waals surface area contributed by atoms with Crippen LogP contribution in [0.2, 0.25) is 0 Å². The quantitative estimate of drug-likeness (QED) is 0.258. The summed E-state index contributed by atoms with van der Waals surface area (Å²) in [7, 11) is 1.65. The molecule has 4 rings (SSSR count). The number of rotatable bonds is 11. The zero-order valence-corrected chi connectivity index (χ0v) is 23.8. The summed E-state index contributed by atoms with van der Waals surface area (Å²) in [6, 6.07) is 12.3. The minimum Gasteiger partial charge on any atom is -0.497 e. The third-order valence-electron chi connectivity index (χ3n) is 7.57. The summed E-state index contributed by atoms with van der Waals surface area (Å²) in [6.07, 6.45) is 6.17. The number of aryl methyl sites for hydroxylation is 2. The maximum absolute atomic E-state index is 13.7. The highest BCUT2D eigenvalue weighted by Crippen LogP contribution is 2.29. The van der Waals surface area contributed by atoms with Crippen LogP contribution >= 0.6 is 0 Å². The number of nitrogens with one attached hydrogen (secondary N) is 3. The molecule has 2 aromatic carbocycles. The lowest BCUT2D eigenvalue weighted by atomic mass is 9.84. The van der Waals surface area contributed by atoms with Gasteiger partial charge in [-0.05, 0) is 80.6 Å². The number of benzene rings is 2. The van der Waals surface area contributed by atoms with E-state index in [-0.39, 0.29) is 23.5 Å². The molecule has 2 atom stereocenters. The number of amides is 2. The van der Waals surface area contributed by atoms with Crippen LogP contribution in [-0.2, 0) is 4.79 Å². The maximum atomic E-state index is 13.7. The van der Waals surface area contributed by atoms with E-state index in [0.29, 0.717) is 30.2 Å². The van der Waals surface area contributed by atoms with Gasteiger partial charge >= 0.3 is 0 Å². The van der Waals surface area contributed by atoms with Crippen LogP contribution < -0.4 is 20.7 Å². The Hall–Kier alpha value is -3.81. The van der Waals surface area contributed by atoms with Crippen molar-refractivity contribution < 1.29 is 23.1 Å². The molecular weight excluding hydrogens is 509 g/mol. The predicted octanol–water partition coefficient (Wildman–Crippen LogP) is 6.40. The van der Waals surface area contributed by atoms with Crippen LogP contribution in [0.5, 0.6) is 5.75 Å². The van der Waals surface area contributed by atoms with Crippen LogP contribution in [-0.4, -0.2) is 37.6 Å². The summed E-state index contributed by atoms with van der Waals surface area (Å²) in [5, 5.41) is 9.44. The second-order valence-electron chi connectivity index (χ2n) is 10.9. The molecule has 2 amide bonds. The molecule has 214 valence electrons. The second-order valence-corrected chi connectivity index (χ2v) is 10.9. The number of carbonyl (C=O) groups excluding carboxylic acids is 2. The van der Waals surface area contributed by atoms with Crippen molar-refractivity contribution in [2.75, 3.05) is 19.0 Å². The summed E-state index contributed by atoms with van der Waals surface area (Å²) >= 11 is 0. The molecule has 0 saturated heterocycles. The van der Waals surface area contributed by atoms with Crippen LogP contribution in [0, 0.1) is 25.6 Å². The van der Waals surface area contributed by atoms with Crippen LogP contribution in [0.4, 0.5) is 10.1 Å². The summed E-state index contributed by atoms with van der Waals surface area (Å²) < 4.78 is 24.7. The van der Waals surface area contributed by atoms with Crippen molar-refractivity contribution in [2.24, 2.45) is 5.92 Å². The highest BCUT2D eigenvalue weighted by molar-refractivity contribution is 5.96. The summed E-state index contributed by atoms with van der Waals surface area (Å²) in [5.74, 6) is 0.597. The molecule has 0 radical (unpaired) electrons. The largest absolute Gasteiger partial charge is 0.497 e. The van der Waals surface area contributed by atoms with Crippen molar-refractivity contribution in [1.82, 2.24) is 10.6 Å². The van der Waals surface area contributed by atoms with Gasteiger partial charge in [0.15, 0.2) is 5.76 Å². The van der Waals surface area contributed by atoms with Crippen LogP contribution in [0.1, 0.15) is 67.1 Å². The first-order chi connectivity index (χ1) is 19.2. The van der Waals surface area contributed by atoms with Crippen molar-refractivity contribution in [3.05, 3.63) is 71.2 Å². The van der Waals surface area contributed by atoms with Gasteiger partial charge in [0.1, 0.15) is 23.4 Å². The van der Waals surface area contributed by atoms with Crippen LogP contribution in [0.25, 0.3) is 11.3 Å². The minimum atomic E-state index is -0.690. The van der Waals surface area contributed by atoms with Gasteiger partial charge in [-0.15, -0.1) is 0 Å². The van der Waals surface area contributed by atoms with E-state index in [9.17, 15) is 14.0 Å². The molecule has 1 aromatic heterocycles. The highest BCUT2D eigenvalue weighted by Gasteiger charge is 2.28. The van der Waals surface area contributed by atoms with Crippen LogP contribution in [0.15, 0.2) is 52.9 Å². The number of halogens is 1. The molecule has 1 heterocycles. The van der Waals surface area contributed by atoms with Crippen molar-refractivity contribution in [3.8, 4) is 17.1 Å². The molecular formula is C32H40FN3O4. The Labute approximate surface area is 235 Å². The number of hydrogen-bond acceptors (Lipinski definition) is 5. The normalized spacial score (nSPS) is 15.2. The number of ether oxygens (including phenoxy) is 1. The molecule has 1 fully saturated rings. The SMILES string of the molecule is COc1cc(C)c(NC[C@H](C)NC(=O)[C@H](CC2CCCCC2)NC(=O)c2ccc(-c3cccc(F)c3)o2)c(C)c1. The van der Waals surface area contributed by atoms with E-state index < -0.39 is 11.9 Å². The molecule has 0 unspecified atom stereocenters. The first kappa shape index (κ1) is 29.2. The lowest BCUT2D eigenvalue weighted by Crippen LogP contribution is -2.51. The number of furan rings is 1. The van der Waals surface area contributed by atoms with E-state index in [1.54, 1.807) is 31.4 Å². The molecule has 1 aliphatic carbocycles. The van der Waals surface area contributed by atoms with Gasteiger partial charge in [-0.1, -0.05) is 44.2 Å². The molecule has 0 aliphatic heterocycles. The van der Waals surface area contributed by atoms with Crippen molar-refractivity contribution >= 4 is 17.5 Å². The second kappa shape index (κ2) is 13.5. The molecule has 0 spiro atoms. The Morgan fingerprint density at radius 2 is 1.75 bits per heavy atom. The molecule has 8 heteroatoms. The summed E-state index contributed by atoms with van der Waals surface area (Å²) in [6.45, 7) is 6.51. The molecule has 3 aromatic rings. The number of hydrogen-bond donors (Lipinski definition) is 3. The van der Waals surface area contributed by atoms with Gasteiger partial charge < -0.3 is 25.1 Å². The lowest BCUT2D eigenvalue weighted by Gasteiger charge is -2.27. The topological polar surface area (TPSA) is 92.6 Å². The van der Waals surface area contributed by atoms with Gasteiger partial charge in [0.25, 0.3) is 5.91 Å². The Balaban J connectivity index is 1.41. The zero-order valence-electron chi connectivity index (χ0n) is 23.8. The molecule has 7 nitrogen and oxygen atoms in total. The number of anilines is 1. The predicted molar refractivity (Wildman–Crippen MR) is 155 cm³/mol. The molecule has 0 bridgehead atoms. The number of carbonyl (C=O) groups is 2. The Bertz CT molecular complexity index is 1290. The van der Waals surface area contributed by atoms with Crippen LogP contribution in [0.3, 0.4) is 0 Å². The first-order valence-electron chi connectivity index (χ1n) is 14.1. The Morgan fingerprint density at radius 3 is 2.42 bits per heavy atom. The summed E-state index contributed by atoms with van der Waals surface area (Å²) in [5.41, 5.74) is 3.68. The van der Waals surface area contributed by atoms with E-state index in [4.69, 9.17) is 9.15 Å². The highest BCUT2D eigenvalue weighted by atomic mass is 19.1. The lowest BCUT2D eigenvalue weighted by molar-refractivity contribution is -0.124. The van der Waals surface area contributed by atoms with E-state index >= 15 is 0 Å². The molecule has 1 saturated carbocycles. The van der Waals surface area contributed by atoms with Gasteiger partial charge in [0, 0.05) is 23.8 Å². The standard InChI is InChI=1S/C32H40FN3O4/c1-20-15-26(39-4)16-21(2)30(20)34-19-22(3)35-31(37)27(17-23-9-6-5-7-10-23)36-32(38)29-14-13-28(40-29)24-11-8-12-25(33)18-24/h8,11-16,18,22-23,27,34H,5-7,9-10,17,19H2,1-4H3,(H,35,37)(H,36,38)/t22-,27-/m0/s1. The fourth-order valence-corrected chi connectivity index (χ4v) is 5.44. The third-order valence-corrected chi connectivity index (χ3v) is 7.57. The van der Waals surface area contributed by atoms with Crippen molar-refractivity contribution in [2.45, 2.75) is 71.4 Å². The molecule has 1 aliphatic rings. The van der Waals surface area contributed by atoms with E-state index in [2.05, 4.69) is 16.0 Å². The number of methoxy groups -OCH3 is 1. The fourth-order valence-electron chi connectivity index (χ4n) is 5.44. The zero-order chi connectivity index (χ0) is 28.6. The van der Waals surface area contributed by atoms with E-state index in [1.807, 2.05) is 32.9 Å². The van der Waals surface area contributed by atoms with Gasteiger partial charge in [0.2, 0.25) is 5.91 Å². The monoisotopic (exact) mass is 549 g/mol. The molecule has 3 N–H and O–H groups in total. The van der Waals surface area contributed by atoms with Gasteiger partial charge in [-0.2, -0.15) is 0 Å². The maximum Gasteiger partial charge on any atom is 0.287 e. The Kier molecular flexibility index (Phi) is 9.85. The van der Waals surface area contributed by atoms with Gasteiger partial charge in [0.05, 0.1) is 7.11 Å². The fraction of sp³-hybridized carbons (Fsp3) is 0.438. The smallest absolute Gasteiger partial charge is 0.287 e. The Morgan fingerprint density at radius 1 is 1.02 bits per heavy atom. The van der Waals surface area contributed by atoms with E-state index in [0.717, 1.165) is 48.2 Å².